The average molecular weight is 497 g/mol. The van der Waals surface area contributed by atoms with Gasteiger partial charge in [-0.15, -0.1) is 5.10 Å². The zero-order valence-electron chi connectivity index (χ0n) is 20.4. The van der Waals surface area contributed by atoms with Gasteiger partial charge in [0, 0.05) is 37.2 Å². The highest BCUT2D eigenvalue weighted by atomic mass is 16.5. The van der Waals surface area contributed by atoms with Crippen molar-refractivity contribution in [1.82, 2.24) is 29.5 Å². The minimum absolute atomic E-state index is 0.206. The molecule has 4 aromatic rings. The number of nitrogens with zero attached hydrogens (tertiary/aromatic N) is 8. The van der Waals surface area contributed by atoms with Crippen molar-refractivity contribution < 1.29 is 4.74 Å². The first-order valence-electron chi connectivity index (χ1n) is 12.6. The zero-order chi connectivity index (χ0) is 25.2. The summed E-state index contributed by atoms with van der Waals surface area (Å²) in [4.78, 5) is 18.1. The van der Waals surface area contributed by atoms with Gasteiger partial charge in [-0.3, -0.25) is 4.98 Å². The molecule has 0 spiro atoms. The first-order chi connectivity index (χ1) is 18.2. The molecule has 0 aliphatic carbocycles. The van der Waals surface area contributed by atoms with Gasteiger partial charge in [0.05, 0.1) is 0 Å². The van der Waals surface area contributed by atoms with E-state index in [1.807, 2.05) is 24.3 Å². The number of aromatic nitrogens is 5. The van der Waals surface area contributed by atoms with Gasteiger partial charge in [0.25, 0.3) is 0 Å². The summed E-state index contributed by atoms with van der Waals surface area (Å²) in [6.45, 7) is 4.19. The molecule has 2 aliphatic rings. The highest BCUT2D eigenvalue weighted by molar-refractivity contribution is 5.74. The van der Waals surface area contributed by atoms with Gasteiger partial charge in [0.2, 0.25) is 11.9 Å². The van der Waals surface area contributed by atoms with Gasteiger partial charge in [-0.05, 0) is 75.2 Å². The SMILES string of the molecule is N#Cc1c(Nc2ccc(Oc3ccncc3)cc2)nn2c(N)nc(N3CCCC3CN3CCCC3)nc12. The van der Waals surface area contributed by atoms with Crippen LogP contribution in [0.3, 0.4) is 0 Å². The number of hydrogen-bond donors (Lipinski definition) is 2. The topological polar surface area (TPSA) is 134 Å². The predicted molar refractivity (Wildman–Crippen MR) is 140 cm³/mol. The summed E-state index contributed by atoms with van der Waals surface area (Å²) in [6, 6.07) is 13.6. The second-order valence-electron chi connectivity index (χ2n) is 9.38. The van der Waals surface area contributed by atoms with Crippen LogP contribution in [0.2, 0.25) is 0 Å². The number of benzene rings is 1. The molecular weight excluding hydrogens is 468 g/mol. The Morgan fingerprint density at radius 1 is 1.00 bits per heavy atom. The molecule has 0 bridgehead atoms. The maximum absolute atomic E-state index is 9.99. The molecule has 0 radical (unpaired) electrons. The summed E-state index contributed by atoms with van der Waals surface area (Å²) in [7, 11) is 0. The van der Waals surface area contributed by atoms with E-state index in [4.69, 9.17) is 15.5 Å². The maximum atomic E-state index is 9.99. The summed E-state index contributed by atoms with van der Waals surface area (Å²) >= 11 is 0. The molecule has 0 amide bonds. The van der Waals surface area contributed by atoms with E-state index >= 15 is 0 Å². The summed E-state index contributed by atoms with van der Waals surface area (Å²) < 4.78 is 7.25. The van der Waals surface area contributed by atoms with Crippen molar-refractivity contribution in [1.29, 1.82) is 5.26 Å². The molecule has 6 rings (SSSR count). The highest BCUT2D eigenvalue weighted by Gasteiger charge is 2.30. The molecule has 3 N–H and O–H groups in total. The van der Waals surface area contributed by atoms with E-state index in [1.54, 1.807) is 24.5 Å². The fourth-order valence-electron chi connectivity index (χ4n) is 5.10. The lowest BCUT2D eigenvalue weighted by molar-refractivity contribution is 0.313. The minimum atomic E-state index is 0.206. The third-order valence-corrected chi connectivity index (χ3v) is 6.91. The molecule has 1 aromatic carbocycles. The van der Waals surface area contributed by atoms with Crippen molar-refractivity contribution in [3.63, 3.8) is 0 Å². The maximum Gasteiger partial charge on any atom is 0.231 e. The van der Waals surface area contributed by atoms with Crippen molar-refractivity contribution in [3.05, 3.63) is 54.4 Å². The second-order valence-corrected chi connectivity index (χ2v) is 9.38. The second kappa shape index (κ2) is 9.91. The third kappa shape index (κ3) is 4.71. The van der Waals surface area contributed by atoms with Crippen molar-refractivity contribution in [2.24, 2.45) is 0 Å². The van der Waals surface area contributed by atoms with E-state index in [1.165, 1.54) is 17.4 Å². The molecule has 1 unspecified atom stereocenters. The van der Waals surface area contributed by atoms with Gasteiger partial charge in [0.15, 0.2) is 11.5 Å². The van der Waals surface area contributed by atoms with Crippen LogP contribution in [0.5, 0.6) is 11.5 Å². The minimum Gasteiger partial charge on any atom is -0.457 e. The zero-order valence-corrected chi connectivity index (χ0v) is 20.4. The standard InChI is InChI=1S/C26H28N10O/c27-16-22-23(30-18-5-7-20(8-6-18)37-21-9-11-29-12-10-21)33-36-24(22)31-26(32-25(36)28)35-15-3-4-19(35)17-34-13-1-2-14-34/h5-12,19H,1-4,13-15,17H2,(H,30,33)(H2,28,31,32). The van der Waals surface area contributed by atoms with E-state index in [9.17, 15) is 5.26 Å². The van der Waals surface area contributed by atoms with Crippen molar-refractivity contribution in [2.75, 3.05) is 42.1 Å². The monoisotopic (exact) mass is 496 g/mol. The first kappa shape index (κ1) is 23.0. The Balaban J connectivity index is 1.24. The van der Waals surface area contributed by atoms with Crippen molar-refractivity contribution >= 4 is 29.0 Å². The lowest BCUT2D eigenvalue weighted by atomic mass is 10.2. The van der Waals surface area contributed by atoms with Crippen LogP contribution in [0, 0.1) is 11.3 Å². The molecule has 11 nitrogen and oxygen atoms in total. The third-order valence-electron chi connectivity index (χ3n) is 6.91. The molecule has 11 heteroatoms. The first-order valence-corrected chi connectivity index (χ1v) is 12.6. The van der Waals surface area contributed by atoms with Gasteiger partial charge < -0.3 is 25.6 Å². The highest BCUT2D eigenvalue weighted by Crippen LogP contribution is 2.30. The number of anilines is 4. The quantitative estimate of drug-likeness (QED) is 0.391. The number of ether oxygens (including phenoxy) is 1. The lowest BCUT2D eigenvalue weighted by Gasteiger charge is -2.28. The van der Waals surface area contributed by atoms with Crippen molar-refractivity contribution in [2.45, 2.75) is 31.7 Å². The number of rotatable bonds is 7. The van der Waals surface area contributed by atoms with Crippen molar-refractivity contribution in [3.8, 4) is 17.6 Å². The Morgan fingerprint density at radius 3 is 2.51 bits per heavy atom. The Hall–Kier alpha value is -4.43. The van der Waals surface area contributed by atoms with E-state index in [0.29, 0.717) is 40.5 Å². The summed E-state index contributed by atoms with van der Waals surface area (Å²) in [5.74, 6) is 2.53. The van der Waals surface area contributed by atoms with Crippen LogP contribution in [-0.2, 0) is 0 Å². The van der Waals surface area contributed by atoms with Crippen LogP contribution in [0.4, 0.5) is 23.4 Å². The van der Waals surface area contributed by atoms with E-state index < -0.39 is 0 Å². The molecule has 3 aromatic heterocycles. The predicted octanol–water partition coefficient (Wildman–Crippen LogP) is 3.57. The molecule has 2 aliphatic heterocycles. The van der Waals surface area contributed by atoms with E-state index in [2.05, 4.69) is 36.3 Å². The number of fused-ring (bicyclic) bond motifs is 1. The van der Waals surface area contributed by atoms with Crippen LogP contribution >= 0.6 is 0 Å². The Kier molecular flexibility index (Phi) is 6.16. The number of nitrogens with one attached hydrogen (secondary N) is 1. The summed E-state index contributed by atoms with van der Waals surface area (Å²) in [5, 5.41) is 17.7. The van der Waals surface area contributed by atoms with Crippen LogP contribution in [-0.4, -0.2) is 61.7 Å². The lowest BCUT2D eigenvalue weighted by Crippen LogP contribution is -2.40. The van der Waals surface area contributed by atoms with Crippen LogP contribution in [0.25, 0.3) is 5.65 Å². The molecule has 5 heterocycles. The Bertz CT molecular complexity index is 1420. The number of nitriles is 1. The number of pyridine rings is 1. The van der Waals surface area contributed by atoms with Gasteiger partial charge in [-0.1, -0.05) is 0 Å². The average Bonchev–Trinajstić information content (AvgIpc) is 3.67. The smallest absolute Gasteiger partial charge is 0.231 e. The summed E-state index contributed by atoms with van der Waals surface area (Å²) in [6.07, 6.45) is 8.07. The largest absolute Gasteiger partial charge is 0.457 e. The molecular formula is C26H28N10O. The number of hydrogen-bond acceptors (Lipinski definition) is 10. The van der Waals surface area contributed by atoms with Gasteiger partial charge in [-0.2, -0.15) is 19.7 Å². The van der Waals surface area contributed by atoms with E-state index in [-0.39, 0.29) is 5.95 Å². The fourth-order valence-corrected chi connectivity index (χ4v) is 5.10. The summed E-state index contributed by atoms with van der Waals surface area (Å²) in [5.41, 5.74) is 7.78. The van der Waals surface area contributed by atoms with Gasteiger partial charge >= 0.3 is 0 Å². The van der Waals surface area contributed by atoms with E-state index in [0.717, 1.165) is 44.7 Å². The number of nitrogen functional groups attached to an aromatic ring is 1. The number of nitrogens with two attached hydrogens (primary N) is 1. The van der Waals surface area contributed by atoms with Gasteiger partial charge in [0.1, 0.15) is 23.1 Å². The molecule has 0 saturated carbocycles. The molecule has 188 valence electrons. The Labute approximate surface area is 214 Å². The van der Waals surface area contributed by atoms with Crippen LogP contribution < -0.4 is 20.7 Å². The molecule has 2 saturated heterocycles. The van der Waals surface area contributed by atoms with Crippen LogP contribution in [0.1, 0.15) is 31.2 Å². The fraction of sp³-hybridized carbons (Fsp3) is 0.346. The normalized spacial score (nSPS) is 17.8. The number of likely N-dealkylation sites (tertiary alicyclic amines) is 1. The van der Waals surface area contributed by atoms with Gasteiger partial charge in [-0.25, -0.2) is 0 Å². The Morgan fingerprint density at radius 2 is 1.76 bits per heavy atom. The molecule has 2 fully saturated rings. The molecule has 1 atom stereocenters. The molecule has 37 heavy (non-hydrogen) atoms. The van der Waals surface area contributed by atoms with Crippen LogP contribution in [0.15, 0.2) is 48.8 Å².